The number of aryl methyl sites for hydroxylation is 3. The van der Waals surface area contributed by atoms with Crippen LogP contribution in [0.15, 0.2) is 176 Å². The molecule has 0 N–H and O–H groups in total. The molecule has 0 bridgehead atoms. The number of halogens is 7. The zero-order valence-corrected chi connectivity index (χ0v) is 64.9. The lowest BCUT2D eigenvalue weighted by Gasteiger charge is -2.19. The van der Waals surface area contributed by atoms with Crippen LogP contribution < -0.4 is 0 Å². The molecule has 5 unspecified atom stereocenters. The predicted octanol–water partition coefficient (Wildman–Crippen LogP) is 29.5. The summed E-state index contributed by atoms with van der Waals surface area (Å²) >= 11 is 0. The molecule has 8 rings (SSSR count). The van der Waals surface area contributed by atoms with Gasteiger partial charge in [-0.1, -0.05) is 280 Å². The molecule has 0 radical (unpaired) electrons. The molecule has 0 spiro atoms. The molecule has 7 heteroatoms. The minimum Gasteiger partial charge on any atom is -0.207 e. The van der Waals surface area contributed by atoms with Crippen molar-refractivity contribution in [3.8, 4) is 0 Å². The fourth-order valence-electron chi connectivity index (χ4n) is 11.1. The smallest absolute Gasteiger partial charge is 0.194 e. The van der Waals surface area contributed by atoms with E-state index in [1.807, 2.05) is 71.9 Å². The van der Waals surface area contributed by atoms with Crippen LogP contribution in [0.1, 0.15) is 262 Å². The summed E-state index contributed by atoms with van der Waals surface area (Å²) in [5.41, 5.74) is 13.7. The van der Waals surface area contributed by atoms with Crippen LogP contribution in [-0.2, 0) is 19.3 Å². The summed E-state index contributed by atoms with van der Waals surface area (Å²) in [5.74, 6) is 3.02. The van der Waals surface area contributed by atoms with Crippen molar-refractivity contribution in [2.45, 2.75) is 242 Å². The van der Waals surface area contributed by atoms with E-state index in [2.05, 4.69) is 223 Å². The summed E-state index contributed by atoms with van der Waals surface area (Å²) in [4.78, 5) is 0. The number of hydrogen-bond acceptors (Lipinski definition) is 0. The normalized spacial score (nSPS) is 12.3. The molecule has 0 amide bonds. The third-order valence-corrected chi connectivity index (χ3v) is 18.1. The van der Waals surface area contributed by atoms with Gasteiger partial charge in [-0.2, -0.15) is 0 Å². The molecule has 0 fully saturated rings. The maximum atomic E-state index is 13.5. The van der Waals surface area contributed by atoms with Crippen LogP contribution >= 0.6 is 0 Å². The van der Waals surface area contributed by atoms with Crippen molar-refractivity contribution >= 4 is 0 Å². The molecule has 0 aromatic heterocycles. The molecule has 0 saturated heterocycles. The Balaban J connectivity index is 0.00000111. The molecule has 0 aliphatic rings. The molecular formula is C92H131F7. The van der Waals surface area contributed by atoms with Crippen molar-refractivity contribution in [2.75, 3.05) is 0 Å². The van der Waals surface area contributed by atoms with E-state index in [9.17, 15) is 30.7 Å². The summed E-state index contributed by atoms with van der Waals surface area (Å²) in [6, 6.07) is 54.9. The van der Waals surface area contributed by atoms with Gasteiger partial charge in [-0.05, 0) is 253 Å². The van der Waals surface area contributed by atoms with Crippen LogP contribution in [0.2, 0.25) is 0 Å². The van der Waals surface area contributed by atoms with Crippen LogP contribution in [0.5, 0.6) is 0 Å². The highest BCUT2D eigenvalue weighted by Crippen LogP contribution is 2.32. The first-order valence-electron chi connectivity index (χ1n) is 36.2. The lowest BCUT2D eigenvalue weighted by molar-refractivity contribution is 0.433. The van der Waals surface area contributed by atoms with E-state index in [1.165, 1.54) is 58.4 Å². The average Bonchev–Trinajstić information content (AvgIpc) is 0.843. The second kappa shape index (κ2) is 48.9. The Bertz CT molecular complexity index is 3290. The first kappa shape index (κ1) is 92.3. The molecule has 0 aliphatic carbocycles. The van der Waals surface area contributed by atoms with Crippen molar-refractivity contribution in [3.05, 3.63) is 283 Å². The van der Waals surface area contributed by atoms with Crippen LogP contribution in [0.4, 0.5) is 30.7 Å². The minimum absolute atomic E-state index is 0. The van der Waals surface area contributed by atoms with Crippen LogP contribution in [0.3, 0.4) is 0 Å². The van der Waals surface area contributed by atoms with Crippen LogP contribution in [0, 0.1) is 116 Å². The van der Waals surface area contributed by atoms with Gasteiger partial charge in [0.1, 0.15) is 23.3 Å². The molecule has 0 nitrogen and oxygen atoms in total. The van der Waals surface area contributed by atoms with Crippen LogP contribution in [0.25, 0.3) is 0 Å². The van der Waals surface area contributed by atoms with Crippen molar-refractivity contribution in [3.63, 3.8) is 0 Å². The highest BCUT2D eigenvalue weighted by Gasteiger charge is 2.19. The predicted molar refractivity (Wildman–Crippen MR) is 418 cm³/mol. The standard InChI is InChI=1S/C13H19F.C12H15F3.C12H17F.2C11H15F.2C11H16.C10H14.CH4/c1-8(2)10(4)12-6-9(3)11(5)13(14)7-12;1-4-9(7(2)3)8-5-10(13)12(15)11(14)6-8;1-4-12(9(2)3)10-5-7-11(13)8-6-10;1-8(2)4-10-5-9(3)6-11(12)7-10;1-8(2)9(3)10-4-6-11(12)7-5-10;1-9(2)8-11-6-4-10(3)5-7-11;1-9(2)10(3)11-7-5-4-6-8-11;1-9(2)8-10-6-4-3-5-7-10;/h6-8,10H,1-5H3;5-7,9H,4H2,1-3H3;5-9,12H,4H2,1-3H3;5-8H,4H2,1-3H3;4-9H,1-3H3;4-7,9H,8H2,1-3H3;4-10H,1-3H3;3-7,9H,8H2,1-2H3;1H4. The monoisotopic (exact) mass is 1370 g/mol. The van der Waals surface area contributed by atoms with Gasteiger partial charge < -0.3 is 0 Å². The molecule has 5 atom stereocenters. The Labute approximate surface area is 600 Å². The van der Waals surface area contributed by atoms with Crippen molar-refractivity contribution in [1.29, 1.82) is 0 Å². The van der Waals surface area contributed by atoms with Crippen molar-refractivity contribution in [1.82, 2.24) is 0 Å². The van der Waals surface area contributed by atoms with Gasteiger partial charge in [0.05, 0.1) is 0 Å². The summed E-state index contributed by atoms with van der Waals surface area (Å²) < 4.78 is 90.2. The lowest BCUT2D eigenvalue weighted by atomic mass is 9.86. The average molecular weight is 1370 g/mol. The summed E-state index contributed by atoms with van der Waals surface area (Å²) in [5, 5.41) is 0. The maximum Gasteiger partial charge on any atom is 0.194 e. The number of hydrogen-bond donors (Lipinski definition) is 0. The highest BCUT2D eigenvalue weighted by molar-refractivity contribution is 5.34. The fourth-order valence-corrected chi connectivity index (χ4v) is 11.1. The first-order chi connectivity index (χ1) is 45.9. The number of benzene rings is 8. The van der Waals surface area contributed by atoms with E-state index >= 15 is 0 Å². The SMILES string of the molecule is C.CC(C)C(C)c1ccc(F)cc1.CC(C)C(C)c1ccccc1.CC(C)Cc1ccccc1.CCC(c1cc(F)c(F)c(F)c1)C(C)C.CCC(c1ccc(F)cc1)C(C)C.Cc1cc(C(C)C(C)C)cc(F)c1C.Cc1cc(F)cc(CC(C)C)c1.Cc1ccc(CC(C)C)cc1. The second-order valence-corrected chi connectivity index (χ2v) is 29.8. The van der Waals surface area contributed by atoms with E-state index < -0.39 is 17.5 Å². The van der Waals surface area contributed by atoms with E-state index in [0.717, 1.165) is 77.0 Å². The maximum absolute atomic E-state index is 13.5. The van der Waals surface area contributed by atoms with Gasteiger partial charge in [0.2, 0.25) is 0 Å². The zero-order chi connectivity index (χ0) is 74.5. The summed E-state index contributed by atoms with van der Waals surface area (Å²) in [7, 11) is 0. The Morgan fingerprint density at radius 3 is 1.01 bits per heavy atom. The fraction of sp³-hybridized carbons (Fsp3) is 0.478. The van der Waals surface area contributed by atoms with Gasteiger partial charge in [-0.15, -0.1) is 0 Å². The molecule has 99 heavy (non-hydrogen) atoms. The topological polar surface area (TPSA) is 0 Å². The molecule has 0 saturated carbocycles. The molecule has 0 aliphatic heterocycles. The third kappa shape index (κ3) is 37.5. The van der Waals surface area contributed by atoms with Crippen molar-refractivity contribution in [2.24, 2.45) is 47.3 Å². The molecule has 8 aromatic carbocycles. The van der Waals surface area contributed by atoms with E-state index in [-0.39, 0.29) is 42.5 Å². The van der Waals surface area contributed by atoms with Gasteiger partial charge in [0.15, 0.2) is 17.5 Å². The Morgan fingerprint density at radius 2 is 0.636 bits per heavy atom. The lowest BCUT2D eigenvalue weighted by Crippen LogP contribution is -2.07. The van der Waals surface area contributed by atoms with Crippen LogP contribution in [-0.4, -0.2) is 0 Å². The van der Waals surface area contributed by atoms with Gasteiger partial charge in [-0.25, -0.2) is 30.7 Å². The van der Waals surface area contributed by atoms with Gasteiger partial charge in [0.25, 0.3) is 0 Å². The number of rotatable bonds is 18. The molecule has 8 aromatic rings. The Kier molecular flexibility index (Phi) is 45.6. The minimum atomic E-state index is -1.39. The quantitative estimate of drug-likeness (QED) is 0.0593. The van der Waals surface area contributed by atoms with Gasteiger partial charge >= 0.3 is 0 Å². The largest absolute Gasteiger partial charge is 0.207 e. The molecule has 548 valence electrons. The summed E-state index contributed by atoms with van der Waals surface area (Å²) in [6.07, 6.45) is 5.24. The summed E-state index contributed by atoms with van der Waals surface area (Å²) in [6.45, 7) is 53.4. The third-order valence-electron chi connectivity index (χ3n) is 18.1. The molecular weight excluding hydrogens is 1240 g/mol. The van der Waals surface area contributed by atoms with E-state index in [4.69, 9.17) is 0 Å². The van der Waals surface area contributed by atoms with E-state index in [1.54, 1.807) is 30.3 Å². The Hall–Kier alpha value is -6.73. The second-order valence-electron chi connectivity index (χ2n) is 29.8. The van der Waals surface area contributed by atoms with Gasteiger partial charge in [-0.3, -0.25) is 0 Å². The first-order valence-corrected chi connectivity index (χ1v) is 36.2. The van der Waals surface area contributed by atoms with Crippen molar-refractivity contribution < 1.29 is 30.7 Å². The zero-order valence-electron chi connectivity index (χ0n) is 64.9. The Morgan fingerprint density at radius 1 is 0.283 bits per heavy atom. The van der Waals surface area contributed by atoms with E-state index in [0.29, 0.717) is 52.9 Å². The van der Waals surface area contributed by atoms with Gasteiger partial charge in [0, 0.05) is 0 Å². The highest BCUT2D eigenvalue weighted by atomic mass is 19.2. The molecule has 0 heterocycles.